The minimum absolute atomic E-state index is 0.300. The van der Waals surface area contributed by atoms with Crippen molar-refractivity contribution in [2.24, 2.45) is 5.92 Å². The van der Waals surface area contributed by atoms with Gasteiger partial charge in [0, 0.05) is 25.6 Å². The molecular formula is C9H16O3. The van der Waals surface area contributed by atoms with Crippen LogP contribution in [0.3, 0.4) is 0 Å². The average molecular weight is 172 g/mol. The van der Waals surface area contributed by atoms with Crippen LogP contribution in [0.1, 0.15) is 19.3 Å². The van der Waals surface area contributed by atoms with Crippen LogP contribution in [0.5, 0.6) is 0 Å². The van der Waals surface area contributed by atoms with Gasteiger partial charge in [0.25, 0.3) is 0 Å². The second kappa shape index (κ2) is 3.32. The summed E-state index contributed by atoms with van der Waals surface area (Å²) in [5, 5.41) is 10.1. The van der Waals surface area contributed by atoms with Crippen LogP contribution in [0, 0.1) is 5.92 Å². The van der Waals surface area contributed by atoms with E-state index in [4.69, 9.17) is 9.47 Å². The first-order valence-corrected chi connectivity index (χ1v) is 4.69. The molecule has 0 aromatic heterocycles. The molecule has 0 spiro atoms. The molecule has 12 heavy (non-hydrogen) atoms. The van der Waals surface area contributed by atoms with E-state index in [0.717, 1.165) is 25.9 Å². The number of ether oxygens (including phenoxy) is 2. The standard InChI is InChI=1S/C9H16O3/c10-9(3-5-12-7-9)8-2-1-4-11-6-8/h8,10H,1-7H2. The minimum atomic E-state index is -0.583. The van der Waals surface area contributed by atoms with E-state index in [1.54, 1.807) is 0 Å². The summed E-state index contributed by atoms with van der Waals surface area (Å²) < 4.78 is 10.6. The van der Waals surface area contributed by atoms with Crippen molar-refractivity contribution in [1.29, 1.82) is 0 Å². The Hall–Kier alpha value is -0.120. The lowest BCUT2D eigenvalue weighted by atomic mass is 9.83. The first-order valence-electron chi connectivity index (χ1n) is 4.69. The molecule has 0 saturated carbocycles. The molecule has 2 rings (SSSR count). The molecule has 2 atom stereocenters. The van der Waals surface area contributed by atoms with Crippen LogP contribution in [-0.4, -0.2) is 37.1 Å². The Kier molecular flexibility index (Phi) is 2.35. The van der Waals surface area contributed by atoms with Gasteiger partial charge in [0.05, 0.1) is 18.8 Å². The zero-order valence-corrected chi connectivity index (χ0v) is 7.29. The molecule has 0 bridgehead atoms. The highest BCUT2D eigenvalue weighted by Gasteiger charge is 2.40. The molecule has 0 aromatic rings. The molecule has 70 valence electrons. The van der Waals surface area contributed by atoms with E-state index in [1.165, 1.54) is 0 Å². The van der Waals surface area contributed by atoms with E-state index >= 15 is 0 Å². The van der Waals surface area contributed by atoms with Crippen LogP contribution in [0.25, 0.3) is 0 Å². The smallest absolute Gasteiger partial charge is 0.0951 e. The van der Waals surface area contributed by atoms with Crippen LogP contribution in [0.2, 0.25) is 0 Å². The van der Waals surface area contributed by atoms with Gasteiger partial charge < -0.3 is 14.6 Å². The van der Waals surface area contributed by atoms with Gasteiger partial charge in [-0.05, 0) is 12.8 Å². The molecule has 0 aliphatic carbocycles. The zero-order chi connectivity index (χ0) is 8.44. The molecule has 2 unspecified atom stereocenters. The maximum absolute atomic E-state index is 10.1. The first-order chi connectivity index (χ1) is 5.81. The van der Waals surface area contributed by atoms with Crippen LogP contribution in [-0.2, 0) is 9.47 Å². The molecule has 2 saturated heterocycles. The minimum Gasteiger partial charge on any atom is -0.387 e. The van der Waals surface area contributed by atoms with Crippen molar-refractivity contribution < 1.29 is 14.6 Å². The number of aliphatic hydroxyl groups is 1. The molecule has 3 heteroatoms. The highest BCUT2D eigenvalue weighted by molar-refractivity contribution is 4.90. The van der Waals surface area contributed by atoms with Crippen molar-refractivity contribution in [3.63, 3.8) is 0 Å². The van der Waals surface area contributed by atoms with Gasteiger partial charge in [0.15, 0.2) is 0 Å². The Morgan fingerprint density at radius 3 is 2.75 bits per heavy atom. The third kappa shape index (κ3) is 1.49. The van der Waals surface area contributed by atoms with E-state index in [0.29, 0.717) is 25.7 Å². The summed E-state index contributed by atoms with van der Waals surface area (Å²) in [5.74, 6) is 0.300. The van der Waals surface area contributed by atoms with Crippen LogP contribution in [0.4, 0.5) is 0 Å². The van der Waals surface area contributed by atoms with Crippen molar-refractivity contribution in [3.05, 3.63) is 0 Å². The van der Waals surface area contributed by atoms with Gasteiger partial charge in [0.1, 0.15) is 0 Å². The lowest BCUT2D eigenvalue weighted by Gasteiger charge is -2.33. The normalized spacial score (nSPS) is 43.2. The largest absolute Gasteiger partial charge is 0.387 e. The topological polar surface area (TPSA) is 38.7 Å². The summed E-state index contributed by atoms with van der Waals surface area (Å²) in [6.45, 7) is 2.77. The number of rotatable bonds is 1. The molecule has 0 amide bonds. The molecule has 1 N–H and O–H groups in total. The molecule has 3 nitrogen and oxygen atoms in total. The van der Waals surface area contributed by atoms with Gasteiger partial charge >= 0.3 is 0 Å². The van der Waals surface area contributed by atoms with Crippen LogP contribution in [0.15, 0.2) is 0 Å². The van der Waals surface area contributed by atoms with Crippen molar-refractivity contribution >= 4 is 0 Å². The van der Waals surface area contributed by atoms with Gasteiger partial charge in [-0.15, -0.1) is 0 Å². The summed E-state index contributed by atoms with van der Waals surface area (Å²) in [7, 11) is 0. The zero-order valence-electron chi connectivity index (χ0n) is 7.29. The predicted octanol–water partition coefficient (Wildman–Crippen LogP) is 0.564. The van der Waals surface area contributed by atoms with E-state index < -0.39 is 5.60 Å². The SMILES string of the molecule is OC1(C2CCCOC2)CCOC1. The summed E-state index contributed by atoms with van der Waals surface area (Å²) in [6, 6.07) is 0. The second-order valence-corrected chi connectivity index (χ2v) is 3.82. The van der Waals surface area contributed by atoms with Crippen molar-refractivity contribution in [1.82, 2.24) is 0 Å². The predicted molar refractivity (Wildman–Crippen MR) is 43.9 cm³/mol. The van der Waals surface area contributed by atoms with Crippen molar-refractivity contribution in [3.8, 4) is 0 Å². The second-order valence-electron chi connectivity index (χ2n) is 3.82. The summed E-state index contributed by atoms with van der Waals surface area (Å²) >= 11 is 0. The van der Waals surface area contributed by atoms with Gasteiger partial charge in [-0.25, -0.2) is 0 Å². The molecule has 0 radical (unpaired) electrons. The van der Waals surface area contributed by atoms with E-state index in [1.807, 2.05) is 0 Å². The number of hydrogen-bond acceptors (Lipinski definition) is 3. The molecule has 0 aromatic carbocycles. The molecular weight excluding hydrogens is 156 g/mol. The summed E-state index contributed by atoms with van der Waals surface area (Å²) in [5.41, 5.74) is -0.583. The summed E-state index contributed by atoms with van der Waals surface area (Å²) in [6.07, 6.45) is 2.94. The van der Waals surface area contributed by atoms with Crippen LogP contribution < -0.4 is 0 Å². The molecule has 2 fully saturated rings. The lowest BCUT2D eigenvalue weighted by Crippen LogP contribution is -2.42. The highest BCUT2D eigenvalue weighted by Crippen LogP contribution is 2.32. The third-order valence-electron chi connectivity index (χ3n) is 2.95. The third-order valence-corrected chi connectivity index (χ3v) is 2.95. The fourth-order valence-corrected chi connectivity index (χ4v) is 2.06. The molecule has 2 aliphatic rings. The van der Waals surface area contributed by atoms with Crippen molar-refractivity contribution in [2.75, 3.05) is 26.4 Å². The van der Waals surface area contributed by atoms with Gasteiger partial charge in [0.2, 0.25) is 0 Å². The van der Waals surface area contributed by atoms with E-state index in [-0.39, 0.29) is 0 Å². The van der Waals surface area contributed by atoms with E-state index in [2.05, 4.69) is 0 Å². The monoisotopic (exact) mass is 172 g/mol. The molecule has 2 heterocycles. The fourth-order valence-electron chi connectivity index (χ4n) is 2.06. The quantitative estimate of drug-likeness (QED) is 0.628. The Morgan fingerprint density at radius 2 is 2.17 bits per heavy atom. The van der Waals surface area contributed by atoms with Gasteiger partial charge in [-0.2, -0.15) is 0 Å². The average Bonchev–Trinajstić information content (AvgIpc) is 2.55. The number of hydrogen-bond donors (Lipinski definition) is 1. The Bertz CT molecular complexity index is 146. The Labute approximate surface area is 72.7 Å². The van der Waals surface area contributed by atoms with Crippen molar-refractivity contribution in [2.45, 2.75) is 24.9 Å². The van der Waals surface area contributed by atoms with Gasteiger partial charge in [-0.3, -0.25) is 0 Å². The lowest BCUT2D eigenvalue weighted by molar-refractivity contribution is -0.0801. The maximum atomic E-state index is 10.1. The maximum Gasteiger partial charge on any atom is 0.0951 e. The van der Waals surface area contributed by atoms with E-state index in [9.17, 15) is 5.11 Å². The van der Waals surface area contributed by atoms with Crippen LogP contribution >= 0.6 is 0 Å². The Morgan fingerprint density at radius 1 is 1.25 bits per heavy atom. The first kappa shape index (κ1) is 8.48. The highest BCUT2D eigenvalue weighted by atomic mass is 16.5. The molecule has 2 aliphatic heterocycles. The Balaban J connectivity index is 1.96. The van der Waals surface area contributed by atoms with Gasteiger partial charge in [-0.1, -0.05) is 0 Å². The fraction of sp³-hybridized carbons (Fsp3) is 1.00. The summed E-state index contributed by atoms with van der Waals surface area (Å²) in [4.78, 5) is 0.